The highest BCUT2D eigenvalue weighted by Gasteiger charge is 2.23. The number of ether oxygens (including phenoxy) is 2. The number of halogens is 1. The molecule has 0 amide bonds. The second-order valence-corrected chi connectivity index (χ2v) is 5.03. The molecule has 0 aliphatic carbocycles. The van der Waals surface area contributed by atoms with Crippen LogP contribution >= 0.6 is 0 Å². The van der Waals surface area contributed by atoms with E-state index in [1.807, 2.05) is 6.92 Å². The number of rotatable bonds is 8. The smallest absolute Gasteiger partial charge is 0.163 e. The van der Waals surface area contributed by atoms with Crippen LogP contribution in [0.4, 0.5) is 4.39 Å². The number of benzene rings is 1. The normalized spacial score (nSPS) is 13.9. The van der Waals surface area contributed by atoms with Crippen LogP contribution in [0.5, 0.6) is 11.5 Å². The molecule has 0 heterocycles. The Labute approximate surface area is 121 Å². The van der Waals surface area contributed by atoms with Gasteiger partial charge in [-0.15, -0.1) is 0 Å². The summed E-state index contributed by atoms with van der Waals surface area (Å²) < 4.78 is 24.8. The Morgan fingerprint density at radius 3 is 2.25 bits per heavy atom. The van der Waals surface area contributed by atoms with Gasteiger partial charge in [0.05, 0.1) is 14.2 Å². The van der Waals surface area contributed by atoms with Crippen LogP contribution in [0.3, 0.4) is 0 Å². The first-order valence-corrected chi connectivity index (χ1v) is 7.23. The topological polar surface area (TPSA) is 30.5 Å². The lowest BCUT2D eigenvalue weighted by atomic mass is 9.90. The Morgan fingerprint density at radius 1 is 1.15 bits per heavy atom. The predicted molar refractivity (Wildman–Crippen MR) is 80.0 cm³/mol. The molecule has 0 saturated heterocycles. The van der Waals surface area contributed by atoms with E-state index in [4.69, 9.17) is 9.47 Å². The van der Waals surface area contributed by atoms with Crippen LogP contribution in [-0.2, 0) is 0 Å². The van der Waals surface area contributed by atoms with Gasteiger partial charge in [-0.1, -0.05) is 27.2 Å². The molecule has 3 nitrogen and oxygen atoms in total. The van der Waals surface area contributed by atoms with Crippen molar-refractivity contribution in [3.8, 4) is 11.5 Å². The van der Waals surface area contributed by atoms with Gasteiger partial charge in [0.1, 0.15) is 5.82 Å². The lowest BCUT2D eigenvalue weighted by Crippen LogP contribution is -2.27. The second kappa shape index (κ2) is 8.10. The van der Waals surface area contributed by atoms with Gasteiger partial charge in [-0.25, -0.2) is 4.39 Å². The summed E-state index contributed by atoms with van der Waals surface area (Å²) in [6.45, 7) is 7.12. The minimum Gasteiger partial charge on any atom is -0.493 e. The minimum absolute atomic E-state index is 0.0141. The van der Waals surface area contributed by atoms with Gasteiger partial charge in [0, 0.05) is 17.7 Å². The van der Waals surface area contributed by atoms with Crippen molar-refractivity contribution in [3.05, 3.63) is 23.5 Å². The van der Waals surface area contributed by atoms with Crippen molar-refractivity contribution in [1.82, 2.24) is 5.32 Å². The van der Waals surface area contributed by atoms with E-state index in [1.165, 1.54) is 13.2 Å². The molecular formula is C16H26FNO2. The molecule has 0 aliphatic heterocycles. The first kappa shape index (κ1) is 16.8. The van der Waals surface area contributed by atoms with Crippen LogP contribution in [0.15, 0.2) is 12.1 Å². The molecular weight excluding hydrogens is 257 g/mol. The van der Waals surface area contributed by atoms with Crippen molar-refractivity contribution in [3.63, 3.8) is 0 Å². The van der Waals surface area contributed by atoms with Crippen molar-refractivity contribution in [2.45, 2.75) is 39.7 Å². The van der Waals surface area contributed by atoms with Crippen molar-refractivity contribution in [1.29, 1.82) is 0 Å². The maximum absolute atomic E-state index is 14.4. The molecule has 0 bridgehead atoms. The summed E-state index contributed by atoms with van der Waals surface area (Å²) in [5.41, 5.74) is 0.644. The standard InChI is InChI=1S/C16H26FNO2/c1-6-8-11(3)16(18-7-2)12-9-14(19-4)15(20-5)10-13(12)17/h9-11,16,18H,6-8H2,1-5H3. The fourth-order valence-corrected chi connectivity index (χ4v) is 2.57. The summed E-state index contributed by atoms with van der Waals surface area (Å²) >= 11 is 0. The van der Waals surface area contributed by atoms with Crippen molar-refractivity contribution >= 4 is 0 Å². The van der Waals surface area contributed by atoms with Crippen LogP contribution in [0, 0.1) is 11.7 Å². The number of hydrogen-bond donors (Lipinski definition) is 1. The van der Waals surface area contributed by atoms with Gasteiger partial charge in [0.25, 0.3) is 0 Å². The van der Waals surface area contributed by atoms with E-state index in [2.05, 4.69) is 19.2 Å². The zero-order valence-electron chi connectivity index (χ0n) is 13.1. The molecule has 2 atom stereocenters. The summed E-state index contributed by atoms with van der Waals surface area (Å²) in [4.78, 5) is 0. The van der Waals surface area contributed by atoms with Crippen LogP contribution in [0.1, 0.15) is 45.2 Å². The monoisotopic (exact) mass is 283 g/mol. The van der Waals surface area contributed by atoms with Gasteiger partial charge in [0.2, 0.25) is 0 Å². The summed E-state index contributed by atoms with van der Waals surface area (Å²) in [6.07, 6.45) is 2.13. The van der Waals surface area contributed by atoms with Crippen LogP contribution in [0.2, 0.25) is 0 Å². The number of hydrogen-bond acceptors (Lipinski definition) is 3. The zero-order valence-corrected chi connectivity index (χ0v) is 13.1. The van der Waals surface area contributed by atoms with Crippen molar-refractivity contribution < 1.29 is 13.9 Å². The molecule has 1 N–H and O–H groups in total. The van der Waals surface area contributed by atoms with Crippen molar-refractivity contribution in [2.75, 3.05) is 20.8 Å². The molecule has 0 aromatic heterocycles. The molecule has 20 heavy (non-hydrogen) atoms. The minimum atomic E-state index is -0.253. The van der Waals surface area contributed by atoms with E-state index in [0.29, 0.717) is 23.0 Å². The second-order valence-electron chi connectivity index (χ2n) is 5.03. The molecule has 1 aromatic carbocycles. The third-order valence-corrected chi connectivity index (χ3v) is 3.58. The Balaban J connectivity index is 3.18. The third kappa shape index (κ3) is 3.85. The molecule has 2 unspecified atom stereocenters. The van der Waals surface area contributed by atoms with E-state index >= 15 is 0 Å². The molecule has 0 fully saturated rings. The van der Waals surface area contributed by atoms with E-state index < -0.39 is 0 Å². The van der Waals surface area contributed by atoms with E-state index in [9.17, 15) is 4.39 Å². The SMILES string of the molecule is CCCC(C)C(NCC)c1cc(OC)c(OC)cc1F. The highest BCUT2D eigenvalue weighted by molar-refractivity contribution is 5.44. The Morgan fingerprint density at radius 2 is 1.75 bits per heavy atom. The maximum atomic E-state index is 14.4. The highest BCUT2D eigenvalue weighted by Crippen LogP contribution is 2.35. The van der Waals surface area contributed by atoms with Gasteiger partial charge in [-0.05, 0) is 24.9 Å². The van der Waals surface area contributed by atoms with E-state index in [1.54, 1.807) is 13.2 Å². The van der Waals surface area contributed by atoms with Crippen LogP contribution in [-0.4, -0.2) is 20.8 Å². The molecule has 4 heteroatoms. The Kier molecular flexibility index (Phi) is 6.79. The summed E-state index contributed by atoms with van der Waals surface area (Å²) in [7, 11) is 3.08. The fourth-order valence-electron chi connectivity index (χ4n) is 2.57. The maximum Gasteiger partial charge on any atom is 0.163 e. The molecule has 0 radical (unpaired) electrons. The zero-order chi connectivity index (χ0) is 15.1. The quantitative estimate of drug-likeness (QED) is 0.784. The van der Waals surface area contributed by atoms with Gasteiger partial charge in [-0.3, -0.25) is 0 Å². The summed E-state index contributed by atoms with van der Waals surface area (Å²) in [5, 5.41) is 3.38. The van der Waals surface area contributed by atoms with Gasteiger partial charge in [0.15, 0.2) is 11.5 Å². The predicted octanol–water partition coefficient (Wildman–Crippen LogP) is 3.93. The van der Waals surface area contributed by atoms with Gasteiger partial charge in [-0.2, -0.15) is 0 Å². The Hall–Kier alpha value is -1.29. The third-order valence-electron chi connectivity index (χ3n) is 3.58. The lowest BCUT2D eigenvalue weighted by Gasteiger charge is -2.26. The molecule has 0 saturated carbocycles. The van der Waals surface area contributed by atoms with E-state index in [0.717, 1.165) is 19.4 Å². The molecule has 114 valence electrons. The molecule has 1 aromatic rings. The molecule has 0 aliphatic rings. The first-order valence-electron chi connectivity index (χ1n) is 7.23. The highest BCUT2D eigenvalue weighted by atomic mass is 19.1. The molecule has 1 rings (SSSR count). The number of nitrogens with one attached hydrogen (secondary N) is 1. The fraction of sp³-hybridized carbons (Fsp3) is 0.625. The van der Waals surface area contributed by atoms with E-state index in [-0.39, 0.29) is 11.9 Å². The van der Waals surface area contributed by atoms with Crippen molar-refractivity contribution in [2.24, 2.45) is 5.92 Å². The summed E-state index contributed by atoms with van der Waals surface area (Å²) in [5.74, 6) is 1.09. The lowest BCUT2D eigenvalue weighted by molar-refractivity contribution is 0.338. The largest absolute Gasteiger partial charge is 0.493 e. The van der Waals surface area contributed by atoms with Crippen LogP contribution in [0.25, 0.3) is 0 Å². The average molecular weight is 283 g/mol. The molecule has 0 spiro atoms. The Bertz CT molecular complexity index is 423. The van der Waals surface area contributed by atoms with Gasteiger partial charge < -0.3 is 14.8 Å². The number of methoxy groups -OCH3 is 2. The first-order chi connectivity index (χ1) is 9.58. The summed E-state index contributed by atoms with van der Waals surface area (Å²) in [6, 6.07) is 3.13. The van der Waals surface area contributed by atoms with Crippen LogP contribution < -0.4 is 14.8 Å². The average Bonchev–Trinajstić information content (AvgIpc) is 2.45. The van der Waals surface area contributed by atoms with Gasteiger partial charge >= 0.3 is 0 Å².